The standard InChI is InChI=1S/C9H15NO/c1-4-5-9(7-10)6-8(2)11-3/h4-6H,2,7,10H2,1,3H3/b5-4-,9-6+. The quantitative estimate of drug-likeness (QED) is 0.492. The van der Waals surface area contributed by atoms with E-state index in [0.29, 0.717) is 12.3 Å². The number of allylic oxidation sites excluding steroid dienone is 2. The number of hydrogen-bond acceptors (Lipinski definition) is 2. The second-order valence-corrected chi connectivity index (χ2v) is 2.09. The highest BCUT2D eigenvalue weighted by Crippen LogP contribution is 2.01. The number of nitrogens with two attached hydrogens (primary N) is 1. The van der Waals surface area contributed by atoms with Crippen molar-refractivity contribution in [1.29, 1.82) is 0 Å². The van der Waals surface area contributed by atoms with Crippen molar-refractivity contribution in [3.05, 3.63) is 36.1 Å². The molecule has 0 rings (SSSR count). The smallest absolute Gasteiger partial charge is 0.112 e. The fraction of sp³-hybridized carbons (Fsp3) is 0.333. The van der Waals surface area contributed by atoms with E-state index in [2.05, 4.69) is 6.58 Å². The van der Waals surface area contributed by atoms with Crippen molar-refractivity contribution in [2.75, 3.05) is 13.7 Å². The second-order valence-electron chi connectivity index (χ2n) is 2.09. The summed E-state index contributed by atoms with van der Waals surface area (Å²) < 4.78 is 4.87. The van der Waals surface area contributed by atoms with Gasteiger partial charge in [-0.1, -0.05) is 18.7 Å². The molecule has 0 aliphatic heterocycles. The van der Waals surface area contributed by atoms with Crippen LogP contribution in [0.2, 0.25) is 0 Å². The fourth-order valence-corrected chi connectivity index (χ4v) is 0.655. The number of rotatable bonds is 4. The zero-order chi connectivity index (χ0) is 8.69. The van der Waals surface area contributed by atoms with Gasteiger partial charge in [-0.05, 0) is 18.6 Å². The number of methoxy groups -OCH3 is 1. The molecule has 0 unspecified atom stereocenters. The number of hydrogen-bond donors (Lipinski definition) is 1. The van der Waals surface area contributed by atoms with Crippen LogP contribution in [0.4, 0.5) is 0 Å². The predicted molar refractivity (Wildman–Crippen MR) is 48.1 cm³/mol. The largest absolute Gasteiger partial charge is 0.497 e. The molecule has 0 aliphatic rings. The van der Waals surface area contributed by atoms with E-state index < -0.39 is 0 Å². The summed E-state index contributed by atoms with van der Waals surface area (Å²) in [6.45, 7) is 6.11. The first-order chi connectivity index (χ1) is 5.24. The first kappa shape index (κ1) is 9.98. The van der Waals surface area contributed by atoms with E-state index in [1.54, 1.807) is 7.11 Å². The van der Waals surface area contributed by atoms with E-state index >= 15 is 0 Å². The molecule has 0 heterocycles. The summed E-state index contributed by atoms with van der Waals surface area (Å²) in [6.07, 6.45) is 5.69. The Morgan fingerprint density at radius 2 is 2.27 bits per heavy atom. The van der Waals surface area contributed by atoms with Crippen molar-refractivity contribution in [3.63, 3.8) is 0 Å². The first-order valence-electron chi connectivity index (χ1n) is 3.50. The van der Waals surface area contributed by atoms with Crippen LogP contribution in [0, 0.1) is 0 Å². The van der Waals surface area contributed by atoms with Gasteiger partial charge in [-0.25, -0.2) is 0 Å². The van der Waals surface area contributed by atoms with Crippen LogP contribution in [-0.2, 0) is 4.74 Å². The first-order valence-corrected chi connectivity index (χ1v) is 3.50. The van der Waals surface area contributed by atoms with E-state index in [4.69, 9.17) is 10.5 Å². The molecule has 0 amide bonds. The van der Waals surface area contributed by atoms with Crippen LogP contribution in [0.3, 0.4) is 0 Å². The third-order valence-corrected chi connectivity index (χ3v) is 1.23. The Bertz CT molecular complexity index is 180. The summed E-state index contributed by atoms with van der Waals surface area (Å²) in [5.41, 5.74) is 6.46. The molecule has 0 saturated heterocycles. The lowest BCUT2D eigenvalue weighted by molar-refractivity contribution is 0.308. The van der Waals surface area contributed by atoms with Crippen molar-refractivity contribution in [3.8, 4) is 0 Å². The summed E-state index contributed by atoms with van der Waals surface area (Å²) >= 11 is 0. The molecule has 0 aromatic carbocycles. The number of ether oxygens (including phenoxy) is 1. The van der Waals surface area contributed by atoms with E-state index in [1.807, 2.05) is 25.2 Å². The minimum Gasteiger partial charge on any atom is -0.497 e. The van der Waals surface area contributed by atoms with Gasteiger partial charge in [-0.3, -0.25) is 0 Å². The van der Waals surface area contributed by atoms with Crippen LogP contribution in [0.25, 0.3) is 0 Å². The van der Waals surface area contributed by atoms with Gasteiger partial charge in [0.2, 0.25) is 0 Å². The van der Waals surface area contributed by atoms with Crippen molar-refractivity contribution >= 4 is 0 Å². The fourth-order valence-electron chi connectivity index (χ4n) is 0.655. The summed E-state index contributed by atoms with van der Waals surface area (Å²) in [5, 5.41) is 0. The highest BCUT2D eigenvalue weighted by molar-refractivity contribution is 5.26. The predicted octanol–water partition coefficient (Wildman–Crippen LogP) is 1.61. The van der Waals surface area contributed by atoms with E-state index in [-0.39, 0.29) is 0 Å². The van der Waals surface area contributed by atoms with Crippen LogP contribution in [0.5, 0.6) is 0 Å². The average molecular weight is 153 g/mol. The molecule has 0 aromatic heterocycles. The summed E-state index contributed by atoms with van der Waals surface area (Å²) in [7, 11) is 1.59. The maximum Gasteiger partial charge on any atom is 0.112 e. The minimum absolute atomic E-state index is 0.507. The topological polar surface area (TPSA) is 35.2 Å². The van der Waals surface area contributed by atoms with Gasteiger partial charge in [0.1, 0.15) is 5.76 Å². The zero-order valence-corrected chi connectivity index (χ0v) is 7.13. The third kappa shape index (κ3) is 4.39. The molecular weight excluding hydrogens is 138 g/mol. The maximum atomic E-state index is 5.45. The third-order valence-electron chi connectivity index (χ3n) is 1.23. The van der Waals surface area contributed by atoms with Gasteiger partial charge >= 0.3 is 0 Å². The Morgan fingerprint density at radius 3 is 2.64 bits per heavy atom. The molecule has 2 heteroatoms. The van der Waals surface area contributed by atoms with Gasteiger partial charge in [0.25, 0.3) is 0 Å². The highest BCUT2D eigenvalue weighted by atomic mass is 16.5. The summed E-state index contributed by atoms with van der Waals surface area (Å²) in [6, 6.07) is 0. The van der Waals surface area contributed by atoms with Gasteiger partial charge in [0.15, 0.2) is 0 Å². The second kappa shape index (κ2) is 5.74. The van der Waals surface area contributed by atoms with Crippen LogP contribution >= 0.6 is 0 Å². The molecular formula is C9H15NO. The Morgan fingerprint density at radius 1 is 1.64 bits per heavy atom. The normalized spacial score (nSPS) is 12.1. The molecule has 0 fully saturated rings. The lowest BCUT2D eigenvalue weighted by Crippen LogP contribution is -2.01. The van der Waals surface area contributed by atoms with Gasteiger partial charge in [0, 0.05) is 6.54 Å². The molecule has 0 aromatic rings. The Labute approximate surface area is 68.0 Å². The van der Waals surface area contributed by atoms with Gasteiger partial charge in [0.05, 0.1) is 7.11 Å². The maximum absolute atomic E-state index is 5.45. The summed E-state index contributed by atoms with van der Waals surface area (Å²) in [4.78, 5) is 0. The molecule has 62 valence electrons. The highest BCUT2D eigenvalue weighted by Gasteiger charge is 1.89. The molecule has 0 radical (unpaired) electrons. The van der Waals surface area contributed by atoms with Gasteiger partial charge in [-0.2, -0.15) is 0 Å². The molecule has 0 saturated carbocycles. The lowest BCUT2D eigenvalue weighted by Gasteiger charge is -1.99. The van der Waals surface area contributed by atoms with Crippen molar-refractivity contribution in [2.45, 2.75) is 6.92 Å². The van der Waals surface area contributed by atoms with Crippen molar-refractivity contribution < 1.29 is 4.74 Å². The van der Waals surface area contributed by atoms with Crippen LogP contribution < -0.4 is 5.73 Å². The van der Waals surface area contributed by atoms with Gasteiger partial charge < -0.3 is 10.5 Å². The molecule has 2 N–H and O–H groups in total. The Kier molecular flexibility index (Phi) is 5.21. The Hall–Kier alpha value is -1.02. The minimum atomic E-state index is 0.507. The van der Waals surface area contributed by atoms with E-state index in [9.17, 15) is 0 Å². The van der Waals surface area contributed by atoms with Crippen LogP contribution in [0.1, 0.15) is 6.92 Å². The molecule has 0 bridgehead atoms. The van der Waals surface area contributed by atoms with Crippen molar-refractivity contribution in [1.82, 2.24) is 0 Å². The molecule has 0 atom stereocenters. The van der Waals surface area contributed by atoms with Crippen molar-refractivity contribution in [2.24, 2.45) is 5.73 Å². The molecule has 0 aliphatic carbocycles. The summed E-state index contributed by atoms with van der Waals surface area (Å²) in [5.74, 6) is 0.628. The SMILES string of the molecule is C=C(/C=C(\C=C/C)CN)OC. The van der Waals surface area contributed by atoms with Crippen LogP contribution in [0.15, 0.2) is 36.1 Å². The molecule has 11 heavy (non-hydrogen) atoms. The Balaban J connectivity index is 4.22. The van der Waals surface area contributed by atoms with E-state index in [1.165, 1.54) is 0 Å². The zero-order valence-electron chi connectivity index (χ0n) is 7.13. The monoisotopic (exact) mass is 153 g/mol. The van der Waals surface area contributed by atoms with E-state index in [0.717, 1.165) is 5.57 Å². The molecule has 2 nitrogen and oxygen atoms in total. The van der Waals surface area contributed by atoms with Gasteiger partial charge in [-0.15, -0.1) is 0 Å². The van der Waals surface area contributed by atoms with Crippen LogP contribution in [-0.4, -0.2) is 13.7 Å². The molecule has 0 spiro atoms. The lowest BCUT2D eigenvalue weighted by atomic mass is 10.2. The average Bonchev–Trinajstić information content (AvgIpc) is 2.03.